The fourth-order valence-corrected chi connectivity index (χ4v) is 5.46. The van der Waals surface area contributed by atoms with Gasteiger partial charge in [-0.3, -0.25) is 9.59 Å². The number of benzene rings is 2. The number of likely N-dealkylation sites (N-methyl/N-ethyl adjacent to an activating group) is 2. The molecule has 0 radical (unpaired) electrons. The van der Waals surface area contributed by atoms with Crippen LogP contribution in [0.3, 0.4) is 0 Å². The molecule has 2 aromatic rings. The van der Waals surface area contributed by atoms with Crippen molar-refractivity contribution in [3.05, 3.63) is 71.8 Å². The molecule has 8 nitrogen and oxygen atoms in total. The van der Waals surface area contributed by atoms with Crippen molar-refractivity contribution < 1.29 is 14.4 Å². The van der Waals surface area contributed by atoms with E-state index in [2.05, 4.69) is 29.4 Å². The number of piperazine rings is 1. The van der Waals surface area contributed by atoms with Crippen molar-refractivity contribution >= 4 is 28.8 Å². The Morgan fingerprint density at radius 3 is 2.08 bits per heavy atom. The van der Waals surface area contributed by atoms with E-state index in [1.54, 1.807) is 6.92 Å². The van der Waals surface area contributed by atoms with Gasteiger partial charge in [0.2, 0.25) is 5.91 Å². The maximum Gasteiger partial charge on any atom is 0.318 e. The van der Waals surface area contributed by atoms with Gasteiger partial charge in [0.15, 0.2) is 5.12 Å². The van der Waals surface area contributed by atoms with Gasteiger partial charge in [0.1, 0.15) is 6.04 Å². The van der Waals surface area contributed by atoms with Crippen LogP contribution in [0.25, 0.3) is 0 Å². The third-order valence-corrected chi connectivity index (χ3v) is 7.89. The number of nitrogens with zero attached hydrogens (tertiary/aromatic N) is 4. The summed E-state index contributed by atoms with van der Waals surface area (Å²) in [6.45, 7) is 5.56. The van der Waals surface area contributed by atoms with Gasteiger partial charge < -0.3 is 24.9 Å². The standard InChI is InChI=1S/C30H43N5O3S/c1-24(36)39-23-27(22-32(2)3)35(16-15-25-11-7-5-8-12-25)30(38)31-28(21-26-13-9-6-10-14-26)29(37)34-19-17-33(4)18-20-34/h5-14,27-28H,15-23H2,1-4H3,(H,31,38)/t27-,28+/m1/s1. The molecule has 3 amide bonds. The molecule has 0 aliphatic carbocycles. The average Bonchev–Trinajstić information content (AvgIpc) is 2.92. The van der Waals surface area contributed by atoms with Gasteiger partial charge >= 0.3 is 6.03 Å². The highest BCUT2D eigenvalue weighted by Gasteiger charge is 2.32. The predicted molar refractivity (Wildman–Crippen MR) is 159 cm³/mol. The summed E-state index contributed by atoms with van der Waals surface area (Å²) >= 11 is 1.23. The van der Waals surface area contributed by atoms with Gasteiger partial charge in [-0.2, -0.15) is 0 Å². The number of rotatable bonds is 12. The van der Waals surface area contributed by atoms with E-state index in [-0.39, 0.29) is 23.1 Å². The van der Waals surface area contributed by atoms with Crippen LogP contribution in [0.5, 0.6) is 0 Å². The minimum Gasteiger partial charge on any atom is -0.338 e. The van der Waals surface area contributed by atoms with E-state index in [0.717, 1.165) is 24.2 Å². The topological polar surface area (TPSA) is 76.2 Å². The fraction of sp³-hybridized carbons (Fsp3) is 0.500. The first-order valence-corrected chi connectivity index (χ1v) is 14.6. The van der Waals surface area contributed by atoms with Crippen LogP contribution in [0.2, 0.25) is 0 Å². The lowest BCUT2D eigenvalue weighted by Gasteiger charge is -2.37. The number of urea groups is 1. The summed E-state index contributed by atoms with van der Waals surface area (Å²) in [5, 5.41) is 3.14. The highest BCUT2D eigenvalue weighted by atomic mass is 32.2. The Balaban J connectivity index is 1.84. The third-order valence-electron chi connectivity index (χ3n) is 6.93. The second-order valence-electron chi connectivity index (χ2n) is 10.5. The van der Waals surface area contributed by atoms with Crippen molar-refractivity contribution in [1.29, 1.82) is 0 Å². The Morgan fingerprint density at radius 1 is 0.923 bits per heavy atom. The van der Waals surface area contributed by atoms with E-state index >= 15 is 0 Å². The van der Waals surface area contributed by atoms with Crippen molar-refractivity contribution in [3.63, 3.8) is 0 Å². The molecular formula is C30H43N5O3S. The molecule has 1 heterocycles. The second-order valence-corrected chi connectivity index (χ2v) is 11.7. The number of nitrogens with one attached hydrogen (secondary N) is 1. The van der Waals surface area contributed by atoms with Crippen molar-refractivity contribution in [1.82, 2.24) is 24.9 Å². The smallest absolute Gasteiger partial charge is 0.318 e. The first-order valence-electron chi connectivity index (χ1n) is 13.6. The van der Waals surface area contributed by atoms with Crippen molar-refractivity contribution in [2.45, 2.75) is 31.8 Å². The predicted octanol–water partition coefficient (Wildman–Crippen LogP) is 2.84. The van der Waals surface area contributed by atoms with E-state index in [4.69, 9.17) is 0 Å². The summed E-state index contributed by atoms with van der Waals surface area (Å²) < 4.78 is 0. The summed E-state index contributed by atoms with van der Waals surface area (Å²) in [5.74, 6) is 0.441. The molecule has 1 aliphatic heterocycles. The Hall–Kier alpha value is -2.88. The number of hydrogen-bond donors (Lipinski definition) is 1. The molecular weight excluding hydrogens is 510 g/mol. The first-order chi connectivity index (χ1) is 18.7. The molecule has 9 heteroatoms. The maximum atomic E-state index is 14.0. The molecule has 1 saturated heterocycles. The number of hydrogen-bond acceptors (Lipinski definition) is 6. The third kappa shape index (κ3) is 10.3. The van der Waals surface area contributed by atoms with Crippen molar-refractivity contribution in [3.8, 4) is 0 Å². The quantitative estimate of drug-likeness (QED) is 0.436. The summed E-state index contributed by atoms with van der Waals surface area (Å²) in [6, 6.07) is 18.7. The zero-order valence-corrected chi connectivity index (χ0v) is 24.5. The summed E-state index contributed by atoms with van der Waals surface area (Å²) in [6.07, 6.45) is 1.10. The Bertz CT molecular complexity index is 1050. The summed E-state index contributed by atoms with van der Waals surface area (Å²) in [5.41, 5.74) is 2.13. The zero-order chi connectivity index (χ0) is 28.2. The minimum absolute atomic E-state index is 0.0226. The molecule has 39 heavy (non-hydrogen) atoms. The molecule has 1 fully saturated rings. The number of amides is 3. The van der Waals surface area contributed by atoms with Crippen LogP contribution in [-0.2, 0) is 22.4 Å². The molecule has 1 aliphatic rings. The van der Waals surface area contributed by atoms with Crippen LogP contribution in [0.1, 0.15) is 18.1 Å². The molecule has 0 bridgehead atoms. The molecule has 3 rings (SSSR count). The molecule has 212 valence electrons. The van der Waals surface area contributed by atoms with E-state index in [1.165, 1.54) is 11.8 Å². The van der Waals surface area contributed by atoms with Crippen LogP contribution in [-0.4, -0.2) is 115 Å². The molecule has 0 unspecified atom stereocenters. The molecule has 0 aromatic heterocycles. The van der Waals surface area contributed by atoms with Crippen LogP contribution < -0.4 is 5.32 Å². The zero-order valence-electron chi connectivity index (χ0n) is 23.7. The molecule has 1 N–H and O–H groups in total. The van der Waals surface area contributed by atoms with Crippen LogP contribution in [0, 0.1) is 0 Å². The van der Waals surface area contributed by atoms with Gasteiger partial charge in [-0.25, -0.2) is 4.79 Å². The molecule has 0 saturated carbocycles. The fourth-order valence-electron chi connectivity index (χ4n) is 4.75. The van der Waals surface area contributed by atoms with Crippen molar-refractivity contribution in [2.24, 2.45) is 0 Å². The molecule has 0 spiro atoms. The largest absolute Gasteiger partial charge is 0.338 e. The molecule has 2 atom stereocenters. The van der Waals surface area contributed by atoms with Gasteiger partial charge in [0, 0.05) is 58.4 Å². The first kappa shape index (κ1) is 30.7. The summed E-state index contributed by atoms with van der Waals surface area (Å²) in [4.78, 5) is 47.5. The Labute approximate surface area is 237 Å². The van der Waals surface area contributed by atoms with Gasteiger partial charge in [0.05, 0.1) is 6.04 Å². The normalized spacial score (nSPS) is 15.6. The summed E-state index contributed by atoms with van der Waals surface area (Å²) in [7, 11) is 5.99. The number of carbonyl (C=O) groups excluding carboxylic acids is 3. The van der Waals surface area contributed by atoms with Gasteiger partial charge in [0.25, 0.3) is 0 Å². The van der Waals surface area contributed by atoms with E-state index in [9.17, 15) is 14.4 Å². The van der Waals surface area contributed by atoms with Crippen LogP contribution in [0.4, 0.5) is 4.79 Å². The minimum atomic E-state index is -0.678. The van der Waals surface area contributed by atoms with Gasteiger partial charge in [-0.05, 0) is 38.7 Å². The average molecular weight is 554 g/mol. The maximum absolute atomic E-state index is 14.0. The molecule has 2 aromatic carbocycles. The van der Waals surface area contributed by atoms with Crippen LogP contribution >= 0.6 is 11.8 Å². The number of thioether (sulfide) groups is 1. The van der Waals surface area contributed by atoms with Gasteiger partial charge in [-0.1, -0.05) is 72.4 Å². The Kier molecular flexibility index (Phi) is 12.3. The lowest BCUT2D eigenvalue weighted by atomic mass is 10.0. The van der Waals surface area contributed by atoms with E-state index < -0.39 is 6.04 Å². The van der Waals surface area contributed by atoms with Crippen LogP contribution in [0.15, 0.2) is 60.7 Å². The van der Waals surface area contributed by atoms with E-state index in [1.807, 2.05) is 77.3 Å². The number of carbonyl (C=O) groups is 3. The highest BCUT2D eigenvalue weighted by molar-refractivity contribution is 8.13. The van der Waals surface area contributed by atoms with Crippen molar-refractivity contribution in [2.75, 3.05) is 66.2 Å². The second kappa shape index (κ2) is 15.6. The van der Waals surface area contributed by atoms with E-state index in [0.29, 0.717) is 44.8 Å². The SMILES string of the molecule is CC(=O)SC[C@@H](CN(C)C)N(CCc1ccccc1)C(=O)N[C@@H](Cc1ccccc1)C(=O)N1CCN(C)CC1. The lowest BCUT2D eigenvalue weighted by molar-refractivity contribution is -0.134. The van der Waals surface area contributed by atoms with Gasteiger partial charge in [-0.15, -0.1) is 0 Å². The highest BCUT2D eigenvalue weighted by Crippen LogP contribution is 2.15. The monoisotopic (exact) mass is 553 g/mol. The lowest BCUT2D eigenvalue weighted by Crippen LogP contribution is -2.59. The Morgan fingerprint density at radius 2 is 1.51 bits per heavy atom.